The first-order chi connectivity index (χ1) is 9.97. The number of nitrogens with one attached hydrogen (secondary N) is 1. The van der Waals surface area contributed by atoms with E-state index in [4.69, 9.17) is 14.2 Å². The fraction of sp³-hybridized carbons (Fsp3) is 0.647. The molecule has 0 aliphatic heterocycles. The average molecular weight is 295 g/mol. The summed E-state index contributed by atoms with van der Waals surface area (Å²) in [6.45, 7) is 7.23. The van der Waals surface area contributed by atoms with Crippen LogP contribution in [0.15, 0.2) is 18.2 Å². The highest BCUT2D eigenvalue weighted by molar-refractivity contribution is 5.42. The second-order valence-corrected chi connectivity index (χ2v) is 5.72. The monoisotopic (exact) mass is 295 g/mol. The van der Waals surface area contributed by atoms with Gasteiger partial charge in [-0.2, -0.15) is 0 Å². The molecule has 0 aliphatic carbocycles. The predicted octanol–water partition coefficient (Wildman–Crippen LogP) is 3.56. The van der Waals surface area contributed by atoms with Gasteiger partial charge in [-0.25, -0.2) is 0 Å². The number of hydrogen-bond donors (Lipinski definition) is 1. The van der Waals surface area contributed by atoms with Crippen molar-refractivity contribution in [2.75, 3.05) is 27.9 Å². The van der Waals surface area contributed by atoms with Crippen LogP contribution in [0, 0.1) is 0 Å². The van der Waals surface area contributed by atoms with Gasteiger partial charge in [0.1, 0.15) is 11.5 Å². The molecule has 1 N–H and O–H groups in total. The maximum absolute atomic E-state index is 5.52. The molecule has 4 heteroatoms. The highest BCUT2D eigenvalue weighted by atomic mass is 16.5. The van der Waals surface area contributed by atoms with E-state index in [0.717, 1.165) is 36.4 Å². The van der Waals surface area contributed by atoms with E-state index in [1.807, 2.05) is 18.2 Å². The maximum Gasteiger partial charge on any atom is 0.123 e. The van der Waals surface area contributed by atoms with E-state index in [2.05, 4.69) is 26.1 Å². The van der Waals surface area contributed by atoms with E-state index in [9.17, 15) is 0 Å². The highest BCUT2D eigenvalue weighted by Crippen LogP contribution is 2.33. The zero-order valence-corrected chi connectivity index (χ0v) is 14.2. The van der Waals surface area contributed by atoms with Crippen molar-refractivity contribution < 1.29 is 14.2 Å². The Hall–Kier alpha value is -1.26. The summed E-state index contributed by atoms with van der Waals surface area (Å²) in [5.74, 6) is 1.73. The summed E-state index contributed by atoms with van der Waals surface area (Å²) in [6.07, 6.45) is 1.93. The zero-order valence-electron chi connectivity index (χ0n) is 14.2. The van der Waals surface area contributed by atoms with Crippen LogP contribution in [-0.4, -0.2) is 33.5 Å². The van der Waals surface area contributed by atoms with Gasteiger partial charge in [0.25, 0.3) is 0 Å². The van der Waals surface area contributed by atoms with Crippen molar-refractivity contribution in [3.63, 3.8) is 0 Å². The van der Waals surface area contributed by atoms with Crippen molar-refractivity contribution in [3.8, 4) is 11.5 Å². The molecule has 1 rings (SSSR count). The van der Waals surface area contributed by atoms with E-state index >= 15 is 0 Å². The molecule has 120 valence electrons. The van der Waals surface area contributed by atoms with Crippen LogP contribution in [0.5, 0.6) is 11.5 Å². The quantitative estimate of drug-likeness (QED) is 0.756. The molecule has 1 unspecified atom stereocenters. The lowest BCUT2D eigenvalue weighted by molar-refractivity contribution is 0.0116. The molecule has 0 heterocycles. The first-order valence-electron chi connectivity index (χ1n) is 7.47. The van der Waals surface area contributed by atoms with Crippen molar-refractivity contribution in [3.05, 3.63) is 23.8 Å². The molecule has 1 aromatic rings. The van der Waals surface area contributed by atoms with Crippen LogP contribution in [0.1, 0.15) is 45.2 Å². The summed E-state index contributed by atoms with van der Waals surface area (Å²) in [6, 6.07) is 6.14. The Morgan fingerprint density at radius 3 is 2.38 bits per heavy atom. The molecule has 1 aromatic carbocycles. The molecule has 4 nitrogen and oxygen atoms in total. The van der Waals surface area contributed by atoms with Gasteiger partial charge in [0, 0.05) is 18.7 Å². The lowest BCUT2D eigenvalue weighted by Crippen LogP contribution is -2.27. The molecule has 0 radical (unpaired) electrons. The molecule has 0 aliphatic rings. The van der Waals surface area contributed by atoms with Crippen molar-refractivity contribution in [1.29, 1.82) is 0 Å². The fourth-order valence-corrected chi connectivity index (χ4v) is 2.32. The molecule has 0 saturated carbocycles. The zero-order chi connectivity index (χ0) is 15.9. The summed E-state index contributed by atoms with van der Waals surface area (Å²) in [5.41, 5.74) is 1.00. The minimum Gasteiger partial charge on any atom is -0.497 e. The Balaban J connectivity index is 2.98. The number of methoxy groups -OCH3 is 3. The molecule has 21 heavy (non-hydrogen) atoms. The molecule has 0 fully saturated rings. The topological polar surface area (TPSA) is 39.7 Å². The van der Waals surface area contributed by atoms with Crippen LogP contribution in [0.3, 0.4) is 0 Å². The van der Waals surface area contributed by atoms with Crippen molar-refractivity contribution >= 4 is 0 Å². The van der Waals surface area contributed by atoms with E-state index in [1.165, 1.54) is 0 Å². The Morgan fingerprint density at radius 2 is 1.86 bits per heavy atom. The van der Waals surface area contributed by atoms with Crippen LogP contribution in [0.4, 0.5) is 0 Å². The van der Waals surface area contributed by atoms with Gasteiger partial charge in [0.15, 0.2) is 0 Å². The summed E-state index contributed by atoms with van der Waals surface area (Å²) in [5, 5.41) is 3.53. The highest BCUT2D eigenvalue weighted by Gasteiger charge is 2.22. The molecule has 1 atom stereocenters. The third-order valence-electron chi connectivity index (χ3n) is 3.85. The molecular weight excluding hydrogens is 266 g/mol. The summed E-state index contributed by atoms with van der Waals surface area (Å²) >= 11 is 0. The Morgan fingerprint density at radius 1 is 1.14 bits per heavy atom. The van der Waals surface area contributed by atoms with E-state index in [-0.39, 0.29) is 11.6 Å². The number of rotatable bonds is 9. The predicted molar refractivity (Wildman–Crippen MR) is 86.3 cm³/mol. The van der Waals surface area contributed by atoms with Crippen molar-refractivity contribution in [2.24, 2.45) is 0 Å². The summed E-state index contributed by atoms with van der Waals surface area (Å²) < 4.78 is 16.4. The largest absolute Gasteiger partial charge is 0.497 e. The van der Waals surface area contributed by atoms with E-state index < -0.39 is 0 Å². The maximum atomic E-state index is 5.52. The van der Waals surface area contributed by atoms with Gasteiger partial charge in [-0.1, -0.05) is 6.92 Å². The van der Waals surface area contributed by atoms with Gasteiger partial charge < -0.3 is 19.5 Å². The fourth-order valence-electron chi connectivity index (χ4n) is 2.32. The van der Waals surface area contributed by atoms with Crippen LogP contribution >= 0.6 is 0 Å². The Labute approximate surface area is 128 Å². The minimum atomic E-state index is -0.125. The SMILES string of the molecule is CCNC(CCC(C)(C)OC)c1cc(OC)ccc1OC. The van der Waals surface area contributed by atoms with Gasteiger partial charge in [-0.15, -0.1) is 0 Å². The van der Waals surface area contributed by atoms with Crippen molar-refractivity contribution in [2.45, 2.75) is 45.3 Å². The molecular formula is C17H29NO3. The average Bonchev–Trinajstić information content (AvgIpc) is 2.50. The van der Waals surface area contributed by atoms with Crippen molar-refractivity contribution in [1.82, 2.24) is 5.32 Å². The third kappa shape index (κ3) is 5.21. The van der Waals surface area contributed by atoms with E-state index in [1.54, 1.807) is 21.3 Å². The molecule has 0 spiro atoms. The smallest absolute Gasteiger partial charge is 0.123 e. The van der Waals surface area contributed by atoms with Gasteiger partial charge in [0.05, 0.1) is 19.8 Å². The van der Waals surface area contributed by atoms with E-state index in [0.29, 0.717) is 0 Å². The standard InChI is InChI=1S/C17H29NO3/c1-7-18-15(10-11-17(2,3)21-6)14-12-13(19-4)8-9-16(14)20-5/h8-9,12,15,18H,7,10-11H2,1-6H3. The Kier molecular flexibility index (Phi) is 6.99. The summed E-state index contributed by atoms with van der Waals surface area (Å²) in [4.78, 5) is 0. The van der Waals surface area contributed by atoms with Crippen LogP contribution in [-0.2, 0) is 4.74 Å². The van der Waals surface area contributed by atoms with Gasteiger partial charge in [-0.3, -0.25) is 0 Å². The third-order valence-corrected chi connectivity index (χ3v) is 3.85. The lowest BCUT2D eigenvalue weighted by Gasteiger charge is -2.27. The number of ether oxygens (including phenoxy) is 3. The molecule has 0 aromatic heterocycles. The molecule has 0 bridgehead atoms. The van der Waals surface area contributed by atoms with Gasteiger partial charge in [0.2, 0.25) is 0 Å². The van der Waals surface area contributed by atoms with Crippen LogP contribution in [0.2, 0.25) is 0 Å². The summed E-state index contributed by atoms with van der Waals surface area (Å²) in [7, 11) is 5.14. The van der Waals surface area contributed by atoms with Crippen LogP contribution in [0.25, 0.3) is 0 Å². The lowest BCUT2D eigenvalue weighted by atomic mass is 9.94. The first kappa shape index (κ1) is 17.8. The van der Waals surface area contributed by atoms with Gasteiger partial charge in [-0.05, 0) is 51.4 Å². The van der Waals surface area contributed by atoms with Gasteiger partial charge >= 0.3 is 0 Å². The number of benzene rings is 1. The molecule has 0 amide bonds. The first-order valence-corrected chi connectivity index (χ1v) is 7.47. The minimum absolute atomic E-state index is 0.125. The van der Waals surface area contributed by atoms with Crippen LogP contribution < -0.4 is 14.8 Å². The Bertz CT molecular complexity index is 432. The molecule has 0 saturated heterocycles. The number of hydrogen-bond acceptors (Lipinski definition) is 4. The second-order valence-electron chi connectivity index (χ2n) is 5.72. The second kappa shape index (κ2) is 8.25. The normalized spacial score (nSPS) is 13.0.